The second-order valence-electron chi connectivity index (χ2n) is 4.40. The SMILES string of the molecule is Cn1cc(/C=C/CCCC(=O)O)c2ccccc21. The molecule has 2 aromatic rings. The molecule has 0 atom stereocenters. The number of aliphatic carboxylic acids is 1. The van der Waals surface area contributed by atoms with Gasteiger partial charge in [-0.1, -0.05) is 30.4 Å². The Morgan fingerprint density at radius 3 is 2.94 bits per heavy atom. The van der Waals surface area contributed by atoms with Crippen molar-refractivity contribution < 1.29 is 9.90 Å². The molecule has 0 fully saturated rings. The van der Waals surface area contributed by atoms with E-state index in [1.165, 1.54) is 16.5 Å². The number of carbonyl (C=O) groups is 1. The highest BCUT2D eigenvalue weighted by atomic mass is 16.4. The Balaban J connectivity index is 2.07. The van der Waals surface area contributed by atoms with E-state index in [1.54, 1.807) is 0 Å². The summed E-state index contributed by atoms with van der Waals surface area (Å²) in [6, 6.07) is 8.26. The van der Waals surface area contributed by atoms with Gasteiger partial charge in [-0.05, 0) is 24.5 Å². The minimum absolute atomic E-state index is 0.236. The molecule has 0 amide bonds. The van der Waals surface area contributed by atoms with Crippen LogP contribution in [0.4, 0.5) is 0 Å². The number of aryl methyl sites for hydroxylation is 1. The number of benzene rings is 1. The van der Waals surface area contributed by atoms with E-state index in [9.17, 15) is 4.79 Å². The lowest BCUT2D eigenvalue weighted by molar-refractivity contribution is -0.137. The van der Waals surface area contributed by atoms with Crippen molar-refractivity contribution in [2.45, 2.75) is 19.3 Å². The van der Waals surface area contributed by atoms with Gasteiger partial charge < -0.3 is 9.67 Å². The Labute approximate surface area is 106 Å². The topological polar surface area (TPSA) is 42.2 Å². The number of hydrogen-bond acceptors (Lipinski definition) is 1. The molecule has 1 heterocycles. The molecule has 94 valence electrons. The first-order chi connectivity index (χ1) is 8.68. The summed E-state index contributed by atoms with van der Waals surface area (Å²) < 4.78 is 2.10. The number of unbranched alkanes of at least 4 members (excludes halogenated alkanes) is 1. The summed E-state index contributed by atoms with van der Waals surface area (Å²) in [7, 11) is 2.03. The van der Waals surface area contributed by atoms with Crippen LogP contribution in [-0.4, -0.2) is 15.6 Å². The number of allylic oxidation sites excluding steroid dienone is 1. The van der Waals surface area contributed by atoms with Crippen molar-refractivity contribution in [3.8, 4) is 0 Å². The molecular weight excluding hydrogens is 226 g/mol. The summed E-state index contributed by atoms with van der Waals surface area (Å²) in [5, 5.41) is 9.78. The fraction of sp³-hybridized carbons (Fsp3) is 0.267. The van der Waals surface area contributed by atoms with Gasteiger partial charge in [0.2, 0.25) is 0 Å². The first-order valence-corrected chi connectivity index (χ1v) is 6.11. The van der Waals surface area contributed by atoms with Crippen molar-refractivity contribution in [1.82, 2.24) is 4.57 Å². The summed E-state index contributed by atoms with van der Waals surface area (Å²) >= 11 is 0. The smallest absolute Gasteiger partial charge is 0.303 e. The Morgan fingerprint density at radius 1 is 1.39 bits per heavy atom. The van der Waals surface area contributed by atoms with E-state index in [0.29, 0.717) is 6.42 Å². The molecule has 0 saturated heterocycles. The number of rotatable bonds is 5. The summed E-state index contributed by atoms with van der Waals surface area (Å²) in [6.07, 6.45) is 7.94. The van der Waals surface area contributed by atoms with Crippen LogP contribution in [0.5, 0.6) is 0 Å². The van der Waals surface area contributed by atoms with Gasteiger partial charge in [0.05, 0.1) is 0 Å². The van der Waals surface area contributed by atoms with Crippen LogP contribution in [0.2, 0.25) is 0 Å². The average Bonchev–Trinajstić information content (AvgIpc) is 2.66. The van der Waals surface area contributed by atoms with E-state index >= 15 is 0 Å². The van der Waals surface area contributed by atoms with E-state index in [2.05, 4.69) is 29.0 Å². The molecule has 1 N–H and O–H groups in total. The third-order valence-electron chi connectivity index (χ3n) is 2.99. The molecule has 0 aliphatic heterocycles. The zero-order chi connectivity index (χ0) is 13.0. The molecule has 0 saturated carbocycles. The lowest BCUT2D eigenvalue weighted by atomic mass is 10.1. The minimum atomic E-state index is -0.728. The fourth-order valence-corrected chi connectivity index (χ4v) is 2.09. The van der Waals surface area contributed by atoms with E-state index in [-0.39, 0.29) is 6.42 Å². The van der Waals surface area contributed by atoms with Gasteiger partial charge in [-0.15, -0.1) is 0 Å². The van der Waals surface area contributed by atoms with E-state index in [1.807, 2.05) is 25.3 Å². The van der Waals surface area contributed by atoms with Crippen LogP contribution in [0.3, 0.4) is 0 Å². The maximum Gasteiger partial charge on any atom is 0.303 e. The van der Waals surface area contributed by atoms with Crippen LogP contribution in [0.15, 0.2) is 36.5 Å². The molecule has 0 aliphatic rings. The van der Waals surface area contributed by atoms with Crippen LogP contribution in [0.1, 0.15) is 24.8 Å². The number of para-hydroxylation sites is 1. The standard InChI is InChI=1S/C15H17NO2/c1-16-11-12(7-3-2-4-10-15(17)18)13-8-5-6-9-14(13)16/h3,5-9,11H,2,4,10H2,1H3,(H,17,18)/b7-3+. The molecule has 0 bridgehead atoms. The third-order valence-corrected chi connectivity index (χ3v) is 2.99. The summed E-state index contributed by atoms with van der Waals surface area (Å²) in [5.74, 6) is -0.728. The molecule has 3 heteroatoms. The monoisotopic (exact) mass is 243 g/mol. The van der Waals surface area contributed by atoms with Crippen molar-refractivity contribution in [2.24, 2.45) is 7.05 Å². The van der Waals surface area contributed by atoms with Crippen LogP contribution in [-0.2, 0) is 11.8 Å². The number of nitrogens with zero attached hydrogens (tertiary/aromatic N) is 1. The molecule has 2 rings (SSSR count). The van der Waals surface area contributed by atoms with Crippen molar-refractivity contribution in [2.75, 3.05) is 0 Å². The van der Waals surface area contributed by atoms with Crippen molar-refractivity contribution in [3.63, 3.8) is 0 Å². The summed E-state index contributed by atoms with van der Waals surface area (Å²) in [6.45, 7) is 0. The van der Waals surface area contributed by atoms with E-state index in [0.717, 1.165) is 6.42 Å². The molecule has 0 radical (unpaired) electrons. The van der Waals surface area contributed by atoms with E-state index in [4.69, 9.17) is 5.11 Å². The predicted molar refractivity (Wildman–Crippen MR) is 73.4 cm³/mol. The average molecular weight is 243 g/mol. The van der Waals surface area contributed by atoms with Crippen LogP contribution in [0.25, 0.3) is 17.0 Å². The van der Waals surface area contributed by atoms with Crippen molar-refractivity contribution in [3.05, 3.63) is 42.1 Å². The lowest BCUT2D eigenvalue weighted by Gasteiger charge is -1.93. The Bertz CT molecular complexity index is 581. The highest BCUT2D eigenvalue weighted by Gasteiger charge is 2.02. The van der Waals surface area contributed by atoms with Crippen LogP contribution in [0, 0.1) is 0 Å². The number of carboxylic acid groups (broad SMARTS) is 1. The lowest BCUT2D eigenvalue weighted by Crippen LogP contribution is -1.92. The van der Waals surface area contributed by atoms with Crippen LogP contribution >= 0.6 is 0 Å². The van der Waals surface area contributed by atoms with E-state index < -0.39 is 5.97 Å². The molecule has 1 aromatic heterocycles. The van der Waals surface area contributed by atoms with Gasteiger partial charge in [0.1, 0.15) is 0 Å². The Morgan fingerprint density at radius 2 is 2.17 bits per heavy atom. The highest BCUT2D eigenvalue weighted by Crippen LogP contribution is 2.21. The first-order valence-electron chi connectivity index (χ1n) is 6.11. The number of fused-ring (bicyclic) bond motifs is 1. The second kappa shape index (κ2) is 5.54. The molecule has 18 heavy (non-hydrogen) atoms. The maximum absolute atomic E-state index is 10.4. The predicted octanol–water partition coefficient (Wildman–Crippen LogP) is 3.45. The van der Waals surface area contributed by atoms with Crippen LogP contribution < -0.4 is 0 Å². The summed E-state index contributed by atoms with van der Waals surface area (Å²) in [4.78, 5) is 10.4. The molecule has 0 unspecified atom stereocenters. The zero-order valence-electron chi connectivity index (χ0n) is 10.5. The van der Waals surface area contributed by atoms with Gasteiger partial charge in [0, 0.05) is 30.6 Å². The molecule has 1 aromatic carbocycles. The third kappa shape index (κ3) is 2.80. The first kappa shape index (κ1) is 12.4. The fourth-order valence-electron chi connectivity index (χ4n) is 2.09. The molecule has 0 aliphatic carbocycles. The van der Waals surface area contributed by atoms with Gasteiger partial charge in [-0.25, -0.2) is 0 Å². The number of carboxylic acids is 1. The van der Waals surface area contributed by atoms with Gasteiger partial charge in [0.25, 0.3) is 0 Å². The molecule has 0 spiro atoms. The Kier molecular flexibility index (Phi) is 3.82. The maximum atomic E-state index is 10.4. The van der Waals surface area contributed by atoms with Gasteiger partial charge in [0.15, 0.2) is 0 Å². The summed E-state index contributed by atoms with van der Waals surface area (Å²) in [5.41, 5.74) is 2.39. The molecule has 3 nitrogen and oxygen atoms in total. The quantitative estimate of drug-likeness (QED) is 0.817. The minimum Gasteiger partial charge on any atom is -0.481 e. The van der Waals surface area contributed by atoms with Crippen molar-refractivity contribution in [1.29, 1.82) is 0 Å². The number of aromatic nitrogens is 1. The van der Waals surface area contributed by atoms with Gasteiger partial charge in [-0.2, -0.15) is 0 Å². The molecular formula is C15H17NO2. The van der Waals surface area contributed by atoms with Gasteiger partial charge in [-0.3, -0.25) is 4.79 Å². The largest absolute Gasteiger partial charge is 0.481 e. The van der Waals surface area contributed by atoms with Crippen molar-refractivity contribution >= 4 is 22.9 Å². The number of hydrogen-bond donors (Lipinski definition) is 1. The van der Waals surface area contributed by atoms with Gasteiger partial charge >= 0.3 is 5.97 Å². The zero-order valence-corrected chi connectivity index (χ0v) is 10.5. The normalized spacial score (nSPS) is 11.4. The highest BCUT2D eigenvalue weighted by molar-refractivity contribution is 5.89. The second-order valence-corrected chi connectivity index (χ2v) is 4.40. The Hall–Kier alpha value is -2.03.